The van der Waals surface area contributed by atoms with Gasteiger partial charge >= 0.3 is 5.97 Å². The van der Waals surface area contributed by atoms with Gasteiger partial charge < -0.3 is 9.67 Å². The number of nitrogens with zero attached hydrogens (tertiary/aromatic N) is 2. The van der Waals surface area contributed by atoms with Crippen molar-refractivity contribution in [3.63, 3.8) is 0 Å². The number of rotatable bonds is 5. The van der Waals surface area contributed by atoms with Crippen molar-refractivity contribution in [2.24, 2.45) is 0 Å². The van der Waals surface area contributed by atoms with Crippen molar-refractivity contribution in [3.8, 4) is 5.69 Å². The number of hydrogen-bond acceptors (Lipinski definition) is 2. The van der Waals surface area contributed by atoms with Gasteiger partial charge in [0.25, 0.3) is 0 Å². The van der Waals surface area contributed by atoms with Crippen LogP contribution >= 0.6 is 0 Å². The second-order valence-corrected chi connectivity index (χ2v) is 4.26. The first-order valence-corrected chi connectivity index (χ1v) is 5.98. The SMILES string of the molecule is Cc1nccn1-c1cccc(CCCC(=O)O)c1. The molecule has 0 amide bonds. The Morgan fingerprint density at radius 1 is 1.44 bits per heavy atom. The molecule has 0 saturated carbocycles. The summed E-state index contributed by atoms with van der Waals surface area (Å²) in [6.07, 6.45) is 5.36. The number of benzene rings is 1. The van der Waals surface area contributed by atoms with E-state index in [1.807, 2.05) is 35.9 Å². The highest BCUT2D eigenvalue weighted by molar-refractivity contribution is 5.66. The molecule has 18 heavy (non-hydrogen) atoms. The lowest BCUT2D eigenvalue weighted by atomic mass is 10.1. The number of carbonyl (C=O) groups is 1. The first-order chi connectivity index (χ1) is 8.66. The van der Waals surface area contributed by atoms with Crippen LogP contribution in [0.1, 0.15) is 24.2 Å². The summed E-state index contributed by atoms with van der Waals surface area (Å²) in [4.78, 5) is 14.7. The molecule has 94 valence electrons. The van der Waals surface area contributed by atoms with Crippen molar-refractivity contribution in [1.82, 2.24) is 9.55 Å². The molecule has 2 aromatic rings. The van der Waals surface area contributed by atoms with Crippen molar-refractivity contribution in [3.05, 3.63) is 48.0 Å². The highest BCUT2D eigenvalue weighted by Crippen LogP contribution is 2.14. The van der Waals surface area contributed by atoms with Gasteiger partial charge in [0.05, 0.1) is 0 Å². The van der Waals surface area contributed by atoms with Gasteiger partial charge in [0.1, 0.15) is 5.82 Å². The lowest BCUT2D eigenvalue weighted by Crippen LogP contribution is -1.98. The maximum absolute atomic E-state index is 10.5. The molecule has 0 aliphatic rings. The molecular weight excluding hydrogens is 228 g/mol. The van der Waals surface area contributed by atoms with Gasteiger partial charge in [-0.25, -0.2) is 4.98 Å². The van der Waals surface area contributed by atoms with Crippen LogP contribution in [0.5, 0.6) is 0 Å². The Balaban J connectivity index is 2.11. The third-order valence-electron chi connectivity index (χ3n) is 2.87. The zero-order valence-corrected chi connectivity index (χ0v) is 10.3. The van der Waals surface area contributed by atoms with Gasteiger partial charge in [-0.05, 0) is 37.5 Å². The van der Waals surface area contributed by atoms with Gasteiger partial charge in [0, 0.05) is 24.5 Å². The van der Waals surface area contributed by atoms with E-state index in [1.54, 1.807) is 6.20 Å². The third-order valence-corrected chi connectivity index (χ3v) is 2.87. The zero-order valence-electron chi connectivity index (χ0n) is 10.3. The summed E-state index contributed by atoms with van der Waals surface area (Å²) in [5.41, 5.74) is 2.22. The second-order valence-electron chi connectivity index (χ2n) is 4.26. The highest BCUT2D eigenvalue weighted by Gasteiger charge is 2.02. The van der Waals surface area contributed by atoms with Crippen LogP contribution in [0, 0.1) is 6.92 Å². The summed E-state index contributed by atoms with van der Waals surface area (Å²) in [5.74, 6) is 0.203. The Morgan fingerprint density at radius 3 is 2.94 bits per heavy atom. The van der Waals surface area contributed by atoms with Gasteiger partial charge in [-0.15, -0.1) is 0 Å². The first-order valence-electron chi connectivity index (χ1n) is 5.98. The molecule has 1 aromatic carbocycles. The van der Waals surface area contributed by atoms with Crippen LogP contribution in [-0.2, 0) is 11.2 Å². The Labute approximate surface area is 106 Å². The summed E-state index contributed by atoms with van der Waals surface area (Å²) in [7, 11) is 0. The molecule has 1 aromatic heterocycles. The molecule has 0 radical (unpaired) electrons. The maximum Gasteiger partial charge on any atom is 0.303 e. The van der Waals surface area contributed by atoms with Crippen molar-refractivity contribution in [2.45, 2.75) is 26.2 Å². The number of imidazole rings is 1. The predicted octanol–water partition coefficient (Wildman–Crippen LogP) is 2.59. The molecule has 0 fully saturated rings. The van der Waals surface area contributed by atoms with Crippen LogP contribution in [0.3, 0.4) is 0 Å². The number of aryl methyl sites for hydroxylation is 2. The largest absolute Gasteiger partial charge is 0.481 e. The number of hydrogen-bond donors (Lipinski definition) is 1. The molecule has 1 heterocycles. The number of carboxylic acids is 1. The zero-order chi connectivity index (χ0) is 13.0. The predicted molar refractivity (Wildman–Crippen MR) is 68.9 cm³/mol. The lowest BCUT2D eigenvalue weighted by molar-refractivity contribution is -0.137. The number of carboxylic acid groups (broad SMARTS) is 1. The molecule has 0 spiro atoms. The molecule has 0 bridgehead atoms. The second kappa shape index (κ2) is 5.49. The normalized spacial score (nSPS) is 10.5. The van der Waals surface area contributed by atoms with Crippen molar-refractivity contribution in [2.75, 3.05) is 0 Å². The van der Waals surface area contributed by atoms with E-state index in [-0.39, 0.29) is 6.42 Å². The molecule has 1 N–H and O–H groups in total. The lowest BCUT2D eigenvalue weighted by Gasteiger charge is -2.07. The molecule has 4 heteroatoms. The molecule has 4 nitrogen and oxygen atoms in total. The van der Waals surface area contributed by atoms with E-state index in [4.69, 9.17) is 5.11 Å². The summed E-state index contributed by atoms with van der Waals surface area (Å²) >= 11 is 0. The fourth-order valence-corrected chi connectivity index (χ4v) is 1.96. The molecule has 0 unspecified atom stereocenters. The fraction of sp³-hybridized carbons (Fsp3) is 0.286. The summed E-state index contributed by atoms with van der Waals surface area (Å²) in [6.45, 7) is 1.96. The van der Waals surface area contributed by atoms with E-state index in [0.717, 1.165) is 23.5 Å². The van der Waals surface area contributed by atoms with Gasteiger partial charge in [-0.2, -0.15) is 0 Å². The van der Waals surface area contributed by atoms with Crippen molar-refractivity contribution >= 4 is 5.97 Å². The maximum atomic E-state index is 10.5. The Hall–Kier alpha value is -2.10. The van der Waals surface area contributed by atoms with Gasteiger partial charge in [0.15, 0.2) is 0 Å². The number of aromatic nitrogens is 2. The van der Waals surface area contributed by atoms with E-state index >= 15 is 0 Å². The minimum atomic E-state index is -0.739. The average molecular weight is 244 g/mol. The molecule has 0 atom stereocenters. The molecule has 0 aliphatic carbocycles. The van der Waals surface area contributed by atoms with E-state index in [1.165, 1.54) is 0 Å². The minimum absolute atomic E-state index is 0.217. The summed E-state index contributed by atoms with van der Waals surface area (Å²) in [5, 5.41) is 8.62. The van der Waals surface area contributed by atoms with Crippen LogP contribution < -0.4 is 0 Å². The Kier molecular flexibility index (Phi) is 3.77. The summed E-state index contributed by atoms with van der Waals surface area (Å²) < 4.78 is 2.01. The average Bonchev–Trinajstić information content (AvgIpc) is 2.75. The highest BCUT2D eigenvalue weighted by atomic mass is 16.4. The molecule has 2 rings (SSSR count). The number of aliphatic carboxylic acids is 1. The van der Waals surface area contributed by atoms with Crippen LogP contribution in [0.4, 0.5) is 0 Å². The van der Waals surface area contributed by atoms with Crippen LogP contribution in [-0.4, -0.2) is 20.6 Å². The van der Waals surface area contributed by atoms with Crippen LogP contribution in [0.25, 0.3) is 5.69 Å². The summed E-state index contributed by atoms with van der Waals surface area (Å²) in [6, 6.07) is 8.12. The molecule has 0 aliphatic heterocycles. The smallest absolute Gasteiger partial charge is 0.303 e. The van der Waals surface area contributed by atoms with Crippen LogP contribution in [0.2, 0.25) is 0 Å². The Bertz CT molecular complexity index is 546. The fourth-order valence-electron chi connectivity index (χ4n) is 1.96. The van der Waals surface area contributed by atoms with E-state index in [9.17, 15) is 4.79 Å². The topological polar surface area (TPSA) is 55.1 Å². The van der Waals surface area contributed by atoms with Gasteiger partial charge in [0.2, 0.25) is 0 Å². The quantitative estimate of drug-likeness (QED) is 0.879. The third kappa shape index (κ3) is 2.97. The van der Waals surface area contributed by atoms with E-state index in [0.29, 0.717) is 6.42 Å². The van der Waals surface area contributed by atoms with Crippen molar-refractivity contribution < 1.29 is 9.90 Å². The van der Waals surface area contributed by atoms with E-state index < -0.39 is 5.97 Å². The van der Waals surface area contributed by atoms with Gasteiger partial charge in [-0.3, -0.25) is 4.79 Å². The van der Waals surface area contributed by atoms with E-state index in [2.05, 4.69) is 11.1 Å². The van der Waals surface area contributed by atoms with Crippen LogP contribution in [0.15, 0.2) is 36.7 Å². The molecule has 0 saturated heterocycles. The monoisotopic (exact) mass is 244 g/mol. The first kappa shape index (κ1) is 12.4. The molecular formula is C14H16N2O2. The van der Waals surface area contributed by atoms with Crippen molar-refractivity contribution in [1.29, 1.82) is 0 Å². The Morgan fingerprint density at radius 2 is 2.28 bits per heavy atom. The minimum Gasteiger partial charge on any atom is -0.481 e. The standard InChI is InChI=1S/C14H16N2O2/c1-11-15-8-9-16(11)13-6-2-4-12(10-13)5-3-7-14(17)18/h2,4,6,8-10H,3,5,7H2,1H3,(H,17,18). The van der Waals surface area contributed by atoms with Gasteiger partial charge in [-0.1, -0.05) is 12.1 Å².